The smallest absolute Gasteiger partial charge is 0.347 e. The van der Waals surface area contributed by atoms with E-state index in [9.17, 15) is 29.0 Å². The van der Waals surface area contributed by atoms with Gasteiger partial charge in [0.25, 0.3) is 0 Å². The Kier molecular flexibility index (Phi) is 7.89. The van der Waals surface area contributed by atoms with E-state index in [0.717, 1.165) is 53.0 Å². The van der Waals surface area contributed by atoms with E-state index >= 15 is 4.39 Å². The van der Waals surface area contributed by atoms with Gasteiger partial charge in [-0.3, -0.25) is 9.69 Å². The number of aryl methyl sites for hydroxylation is 1. The highest BCUT2D eigenvalue weighted by molar-refractivity contribution is 8.45. The van der Waals surface area contributed by atoms with Crippen LogP contribution in [0, 0.1) is 12.7 Å². The summed E-state index contributed by atoms with van der Waals surface area (Å²) in [6.07, 6.45) is 1.86. The minimum absolute atomic E-state index is 0.00911. The Balaban J connectivity index is 1.32. The molecule has 3 amide bonds. The van der Waals surface area contributed by atoms with Crippen molar-refractivity contribution in [2.45, 2.75) is 25.2 Å². The number of hydrogen-bond donors (Lipinski definition) is 1. The molecule has 0 bridgehead atoms. The van der Waals surface area contributed by atoms with Gasteiger partial charge in [-0.05, 0) is 73.5 Å². The van der Waals surface area contributed by atoms with Gasteiger partial charge in [0.15, 0.2) is 11.0 Å². The number of amides is 3. The fraction of sp³-hybridized carbons (Fsp3) is 0.179. The standard InChI is InChI=1S/C28H24F6N6O3S2/c1-3-12-43-24-11-4-17(2)13-23(24)40-25(41)15-44-28(40)37-27(42)36-22-10-5-18(14-21(22)29)26-35-16-39(38-26)19-6-8-20(9-7-19)45(30,31,32,33)34/h4-11,13-14,16H,3,12,15H2,1-2H3,(H,36,42)/b37-28-. The summed E-state index contributed by atoms with van der Waals surface area (Å²) < 4.78 is 86.8. The zero-order valence-electron chi connectivity index (χ0n) is 23.5. The van der Waals surface area contributed by atoms with Crippen LogP contribution < -0.4 is 15.0 Å². The van der Waals surface area contributed by atoms with E-state index in [4.69, 9.17) is 4.74 Å². The maximum Gasteiger partial charge on any atom is 0.347 e. The van der Waals surface area contributed by atoms with Crippen LogP contribution in [0.2, 0.25) is 0 Å². The first-order valence-electron chi connectivity index (χ1n) is 13.2. The molecule has 2 heterocycles. The number of hydrogen-bond acceptors (Lipinski definition) is 6. The Morgan fingerprint density at radius 2 is 1.80 bits per heavy atom. The number of carbonyl (C=O) groups excluding carboxylic acids is 2. The van der Waals surface area contributed by atoms with E-state index in [1.807, 2.05) is 19.9 Å². The summed E-state index contributed by atoms with van der Waals surface area (Å²) in [4.78, 5) is 32.8. The third-order valence-electron chi connectivity index (χ3n) is 6.29. The zero-order chi connectivity index (χ0) is 32.6. The van der Waals surface area contributed by atoms with Gasteiger partial charge in [-0.1, -0.05) is 44.2 Å². The molecule has 238 valence electrons. The van der Waals surface area contributed by atoms with E-state index in [1.165, 1.54) is 17.0 Å². The SMILES string of the molecule is CCCOc1ccc(C)cc1N1C(=O)CS/C1=N\C(=O)Nc1ccc(-c2ncn(-c3ccc(S(F)(F)(F)(F)F)cc3)n2)cc1F. The van der Waals surface area contributed by atoms with Crippen molar-refractivity contribution >= 4 is 50.5 Å². The molecule has 0 aliphatic carbocycles. The lowest BCUT2D eigenvalue weighted by atomic mass is 10.2. The van der Waals surface area contributed by atoms with Crippen LogP contribution >= 0.6 is 22.0 Å². The van der Waals surface area contributed by atoms with E-state index in [1.54, 1.807) is 12.1 Å². The molecule has 0 saturated carbocycles. The minimum Gasteiger partial charge on any atom is -0.491 e. The lowest BCUT2D eigenvalue weighted by molar-refractivity contribution is -0.115. The van der Waals surface area contributed by atoms with Crippen LogP contribution in [0.15, 0.2) is 76.9 Å². The summed E-state index contributed by atoms with van der Waals surface area (Å²) >= 11 is 1.04. The molecule has 0 spiro atoms. The molecule has 0 radical (unpaired) electrons. The monoisotopic (exact) mass is 670 g/mol. The lowest BCUT2D eigenvalue weighted by Gasteiger charge is -2.40. The molecule has 45 heavy (non-hydrogen) atoms. The molecule has 0 unspecified atom stereocenters. The van der Waals surface area contributed by atoms with Crippen molar-refractivity contribution < 1.29 is 38.1 Å². The van der Waals surface area contributed by atoms with Crippen LogP contribution in [0.3, 0.4) is 0 Å². The van der Waals surface area contributed by atoms with Gasteiger partial charge < -0.3 is 10.1 Å². The number of anilines is 2. The molecule has 1 saturated heterocycles. The summed E-state index contributed by atoms with van der Waals surface area (Å²) in [6, 6.07) is 10.1. The first-order valence-corrected chi connectivity index (χ1v) is 16.1. The van der Waals surface area contributed by atoms with Gasteiger partial charge in [-0.2, -0.15) is 4.99 Å². The van der Waals surface area contributed by atoms with Crippen LogP contribution in [0.25, 0.3) is 17.1 Å². The normalized spacial score (nSPS) is 16.0. The van der Waals surface area contributed by atoms with E-state index in [2.05, 4.69) is 20.4 Å². The fourth-order valence-corrected chi connectivity index (χ4v) is 5.69. The van der Waals surface area contributed by atoms with Gasteiger partial charge >= 0.3 is 16.3 Å². The minimum atomic E-state index is -9.83. The summed E-state index contributed by atoms with van der Waals surface area (Å²) in [6.45, 7) is 4.20. The largest absolute Gasteiger partial charge is 0.491 e. The van der Waals surface area contributed by atoms with Gasteiger partial charge in [0.1, 0.15) is 22.8 Å². The molecule has 1 aliphatic rings. The number of benzene rings is 3. The van der Waals surface area contributed by atoms with Gasteiger partial charge in [0.05, 0.1) is 29.4 Å². The van der Waals surface area contributed by atoms with E-state index < -0.39 is 27.0 Å². The number of aromatic nitrogens is 3. The number of halogens is 6. The van der Waals surface area contributed by atoms with Crippen molar-refractivity contribution in [2.24, 2.45) is 4.99 Å². The van der Waals surface area contributed by atoms with Crippen molar-refractivity contribution in [1.29, 1.82) is 0 Å². The molecular formula is C28H24F6N6O3S2. The number of aliphatic imine (C=N–C) groups is 1. The maximum atomic E-state index is 15.0. The van der Waals surface area contributed by atoms with Gasteiger partial charge in [0, 0.05) is 5.56 Å². The number of urea groups is 1. The quantitative estimate of drug-likeness (QED) is 0.189. The van der Waals surface area contributed by atoms with Crippen molar-refractivity contribution in [3.8, 4) is 22.8 Å². The molecule has 4 aromatic rings. The number of ether oxygens (including phenoxy) is 1. The zero-order valence-corrected chi connectivity index (χ0v) is 25.2. The summed E-state index contributed by atoms with van der Waals surface area (Å²) in [5.74, 6) is -0.726. The van der Waals surface area contributed by atoms with Crippen LogP contribution in [0.5, 0.6) is 5.75 Å². The van der Waals surface area contributed by atoms with Crippen LogP contribution in [-0.2, 0) is 4.79 Å². The summed E-state index contributed by atoms with van der Waals surface area (Å²) in [7, 11) is -9.83. The first kappa shape index (κ1) is 31.9. The second kappa shape index (κ2) is 11.1. The number of rotatable bonds is 8. The average molecular weight is 671 g/mol. The fourth-order valence-electron chi connectivity index (χ4n) is 4.18. The molecule has 0 atom stereocenters. The molecule has 5 rings (SSSR count). The van der Waals surface area contributed by atoms with Crippen LogP contribution in [-0.4, -0.2) is 44.2 Å². The van der Waals surface area contributed by atoms with Crippen molar-refractivity contribution in [3.63, 3.8) is 0 Å². The Morgan fingerprint density at radius 1 is 1.07 bits per heavy atom. The predicted molar refractivity (Wildman–Crippen MR) is 162 cm³/mol. The number of amidine groups is 1. The first-order chi connectivity index (χ1) is 21.0. The Hall–Kier alpha value is -4.51. The van der Waals surface area contributed by atoms with Crippen molar-refractivity contribution in [2.75, 3.05) is 22.6 Å². The summed E-state index contributed by atoms with van der Waals surface area (Å²) in [5, 5.41) is 6.50. The third-order valence-corrected chi connectivity index (χ3v) is 8.37. The lowest BCUT2D eigenvalue weighted by Crippen LogP contribution is -2.31. The highest BCUT2D eigenvalue weighted by Crippen LogP contribution is 3.02. The van der Waals surface area contributed by atoms with Crippen molar-refractivity contribution in [3.05, 3.63) is 78.4 Å². The molecule has 1 fully saturated rings. The molecular weight excluding hydrogens is 646 g/mol. The van der Waals surface area contributed by atoms with Gasteiger partial charge in [-0.25, -0.2) is 18.9 Å². The summed E-state index contributed by atoms with van der Waals surface area (Å²) in [5.41, 5.74) is 1.22. The van der Waals surface area contributed by atoms with E-state index in [-0.39, 0.29) is 51.7 Å². The Bertz CT molecular complexity index is 1830. The van der Waals surface area contributed by atoms with Crippen molar-refractivity contribution in [1.82, 2.24) is 14.8 Å². The number of nitrogens with one attached hydrogen (secondary N) is 1. The highest BCUT2D eigenvalue weighted by Gasteiger charge is 2.65. The molecule has 1 N–H and O–H groups in total. The predicted octanol–water partition coefficient (Wildman–Crippen LogP) is 8.50. The molecule has 1 aromatic heterocycles. The number of thioether (sulfide) groups is 1. The average Bonchev–Trinajstić information content (AvgIpc) is 3.59. The highest BCUT2D eigenvalue weighted by atomic mass is 32.5. The molecule has 1 aliphatic heterocycles. The number of carbonyl (C=O) groups is 2. The van der Waals surface area contributed by atoms with Gasteiger partial charge in [0.2, 0.25) is 5.91 Å². The second-order valence-electron chi connectivity index (χ2n) is 9.83. The molecule has 3 aromatic carbocycles. The van der Waals surface area contributed by atoms with Crippen LogP contribution in [0.4, 0.5) is 40.0 Å². The number of nitrogens with zero attached hydrogens (tertiary/aromatic N) is 5. The Labute approximate surface area is 257 Å². The third kappa shape index (κ3) is 7.25. The maximum absolute atomic E-state index is 15.0. The Morgan fingerprint density at radius 3 is 2.47 bits per heavy atom. The van der Waals surface area contributed by atoms with E-state index in [0.29, 0.717) is 18.0 Å². The molecule has 9 nitrogen and oxygen atoms in total. The van der Waals surface area contributed by atoms with Crippen LogP contribution in [0.1, 0.15) is 18.9 Å². The second-order valence-corrected chi connectivity index (χ2v) is 13.2. The topological polar surface area (TPSA) is 102 Å². The molecule has 17 heteroatoms. The van der Waals surface area contributed by atoms with Gasteiger partial charge in [-0.15, -0.1) is 5.10 Å².